The maximum atomic E-state index is 13.8. The molecule has 1 aromatic rings. The fourth-order valence-corrected chi connectivity index (χ4v) is 2.75. The van der Waals surface area contributed by atoms with Gasteiger partial charge < -0.3 is 10.2 Å². The third-order valence-corrected chi connectivity index (χ3v) is 4.10. The van der Waals surface area contributed by atoms with Gasteiger partial charge >= 0.3 is 0 Å². The molecule has 2 unspecified atom stereocenters. The van der Waals surface area contributed by atoms with Gasteiger partial charge in [0.15, 0.2) is 0 Å². The quantitative estimate of drug-likeness (QED) is 0.912. The number of hydrogen-bond acceptors (Lipinski definition) is 2. The molecule has 0 aromatic heterocycles. The van der Waals surface area contributed by atoms with E-state index < -0.39 is 12.1 Å². The Morgan fingerprint density at radius 1 is 1.30 bits per heavy atom. The lowest BCUT2D eigenvalue weighted by Gasteiger charge is -2.36. The molecule has 1 aliphatic heterocycles. The van der Waals surface area contributed by atoms with Gasteiger partial charge in [0.05, 0.1) is 6.04 Å². The fourth-order valence-electron chi connectivity index (χ4n) is 2.75. The van der Waals surface area contributed by atoms with E-state index in [9.17, 15) is 14.0 Å². The average Bonchev–Trinajstić information content (AvgIpc) is 3.25. The van der Waals surface area contributed by atoms with Crippen molar-refractivity contribution >= 4 is 11.8 Å². The Morgan fingerprint density at radius 3 is 2.65 bits per heavy atom. The number of nitrogens with zero attached hydrogens (tertiary/aromatic N) is 1. The Kier molecular flexibility index (Phi) is 3.20. The van der Waals surface area contributed by atoms with Gasteiger partial charge in [-0.3, -0.25) is 9.59 Å². The zero-order chi connectivity index (χ0) is 14.3. The van der Waals surface area contributed by atoms with Crippen molar-refractivity contribution in [1.29, 1.82) is 0 Å². The third kappa shape index (κ3) is 2.28. The Bertz CT molecular complexity index is 557. The minimum atomic E-state index is -0.434. The molecule has 106 valence electrons. The van der Waals surface area contributed by atoms with E-state index in [1.165, 1.54) is 11.0 Å². The van der Waals surface area contributed by atoms with Crippen molar-refractivity contribution in [2.45, 2.75) is 31.8 Å². The molecule has 2 atom stereocenters. The van der Waals surface area contributed by atoms with E-state index >= 15 is 0 Å². The second kappa shape index (κ2) is 4.89. The molecule has 2 fully saturated rings. The van der Waals surface area contributed by atoms with Crippen LogP contribution in [0.4, 0.5) is 4.39 Å². The summed E-state index contributed by atoms with van der Waals surface area (Å²) in [6.45, 7) is 1.76. The lowest BCUT2D eigenvalue weighted by Crippen LogP contribution is -2.59. The second-order valence-corrected chi connectivity index (χ2v) is 5.55. The smallest absolute Gasteiger partial charge is 0.246 e. The maximum absolute atomic E-state index is 13.8. The summed E-state index contributed by atoms with van der Waals surface area (Å²) >= 11 is 0. The summed E-state index contributed by atoms with van der Waals surface area (Å²) in [7, 11) is 0. The summed E-state index contributed by atoms with van der Waals surface area (Å²) in [5.74, 6) is -0.351. The zero-order valence-corrected chi connectivity index (χ0v) is 11.3. The SMILES string of the molecule is CC(c1ccccc1F)N1CC(=O)NC(C2CC2)C1=O. The summed E-state index contributed by atoms with van der Waals surface area (Å²) in [5.41, 5.74) is 0.449. The van der Waals surface area contributed by atoms with Crippen LogP contribution >= 0.6 is 0 Å². The van der Waals surface area contributed by atoms with Crippen LogP contribution in [0.3, 0.4) is 0 Å². The second-order valence-electron chi connectivity index (χ2n) is 5.55. The molecule has 0 spiro atoms. The van der Waals surface area contributed by atoms with E-state index in [-0.39, 0.29) is 30.1 Å². The van der Waals surface area contributed by atoms with Gasteiger partial charge in [0.25, 0.3) is 0 Å². The van der Waals surface area contributed by atoms with Crippen LogP contribution in [0.2, 0.25) is 0 Å². The van der Waals surface area contributed by atoms with Crippen LogP contribution in [0.1, 0.15) is 31.4 Å². The number of benzene rings is 1. The van der Waals surface area contributed by atoms with Crippen molar-refractivity contribution < 1.29 is 14.0 Å². The molecule has 1 saturated heterocycles. The monoisotopic (exact) mass is 276 g/mol. The highest BCUT2D eigenvalue weighted by Gasteiger charge is 2.44. The molecular weight excluding hydrogens is 259 g/mol. The summed E-state index contributed by atoms with van der Waals surface area (Å²) in [6, 6.07) is 5.52. The van der Waals surface area contributed by atoms with Crippen LogP contribution in [0, 0.1) is 11.7 Å². The van der Waals surface area contributed by atoms with Crippen LogP contribution in [0.25, 0.3) is 0 Å². The standard InChI is InChI=1S/C15H17FN2O2/c1-9(11-4-2-3-5-12(11)16)18-8-13(19)17-14(15(18)20)10-6-7-10/h2-5,9-10,14H,6-8H2,1H3,(H,17,19). The molecule has 0 radical (unpaired) electrons. The number of carbonyl (C=O) groups is 2. The van der Waals surface area contributed by atoms with E-state index in [0.29, 0.717) is 5.56 Å². The Hall–Kier alpha value is -1.91. The minimum Gasteiger partial charge on any atom is -0.342 e. The summed E-state index contributed by atoms with van der Waals surface area (Å²) < 4.78 is 13.8. The third-order valence-electron chi connectivity index (χ3n) is 4.10. The van der Waals surface area contributed by atoms with Crippen molar-refractivity contribution in [2.75, 3.05) is 6.54 Å². The van der Waals surface area contributed by atoms with Gasteiger partial charge in [-0.2, -0.15) is 0 Å². The number of piperazine rings is 1. The number of halogens is 1. The van der Waals surface area contributed by atoms with Gasteiger partial charge in [0.1, 0.15) is 18.4 Å². The van der Waals surface area contributed by atoms with Gasteiger partial charge in [-0.05, 0) is 31.7 Å². The molecule has 1 N–H and O–H groups in total. The molecule has 1 saturated carbocycles. The lowest BCUT2D eigenvalue weighted by atomic mass is 10.0. The molecule has 2 amide bonds. The van der Waals surface area contributed by atoms with Crippen molar-refractivity contribution in [3.8, 4) is 0 Å². The molecule has 1 aromatic carbocycles. The molecule has 5 heteroatoms. The number of carbonyl (C=O) groups excluding carboxylic acids is 2. The molecule has 1 aliphatic carbocycles. The van der Waals surface area contributed by atoms with E-state index in [0.717, 1.165) is 12.8 Å². The molecule has 3 rings (SSSR count). The Morgan fingerprint density at radius 2 is 2.00 bits per heavy atom. The number of hydrogen-bond donors (Lipinski definition) is 1. The summed E-state index contributed by atoms with van der Waals surface area (Å²) in [6.07, 6.45) is 1.94. The van der Waals surface area contributed by atoms with E-state index in [1.54, 1.807) is 25.1 Å². The fraction of sp³-hybridized carbons (Fsp3) is 0.467. The molecule has 0 bridgehead atoms. The van der Waals surface area contributed by atoms with Crippen LogP contribution in [0.5, 0.6) is 0 Å². The zero-order valence-electron chi connectivity index (χ0n) is 11.3. The van der Waals surface area contributed by atoms with Gasteiger partial charge in [-0.1, -0.05) is 18.2 Å². The predicted molar refractivity (Wildman–Crippen MR) is 71.2 cm³/mol. The van der Waals surface area contributed by atoms with Crippen molar-refractivity contribution in [2.24, 2.45) is 5.92 Å². The number of rotatable bonds is 3. The minimum absolute atomic E-state index is 0.00243. The molecule has 2 aliphatic rings. The van der Waals surface area contributed by atoms with Crippen LogP contribution in [0.15, 0.2) is 24.3 Å². The normalized spacial score (nSPS) is 24.5. The highest BCUT2D eigenvalue weighted by molar-refractivity contribution is 5.95. The first-order valence-corrected chi connectivity index (χ1v) is 6.92. The first kappa shape index (κ1) is 13.1. The molecule has 20 heavy (non-hydrogen) atoms. The highest BCUT2D eigenvalue weighted by Crippen LogP contribution is 2.36. The molecule has 1 heterocycles. The van der Waals surface area contributed by atoms with E-state index in [4.69, 9.17) is 0 Å². The average molecular weight is 276 g/mol. The van der Waals surface area contributed by atoms with Crippen LogP contribution < -0.4 is 5.32 Å². The largest absolute Gasteiger partial charge is 0.342 e. The first-order valence-electron chi connectivity index (χ1n) is 6.92. The maximum Gasteiger partial charge on any atom is 0.246 e. The van der Waals surface area contributed by atoms with Gasteiger partial charge in [-0.15, -0.1) is 0 Å². The van der Waals surface area contributed by atoms with Crippen molar-refractivity contribution in [1.82, 2.24) is 10.2 Å². The summed E-state index contributed by atoms with van der Waals surface area (Å²) in [4.78, 5) is 25.7. The topological polar surface area (TPSA) is 49.4 Å². The van der Waals surface area contributed by atoms with Gasteiger partial charge in [0, 0.05) is 5.56 Å². The van der Waals surface area contributed by atoms with E-state index in [2.05, 4.69) is 5.32 Å². The predicted octanol–water partition coefficient (Wildman–Crippen LogP) is 1.62. The van der Waals surface area contributed by atoms with Gasteiger partial charge in [0.2, 0.25) is 11.8 Å². The van der Waals surface area contributed by atoms with E-state index in [1.807, 2.05) is 0 Å². The highest BCUT2D eigenvalue weighted by atomic mass is 19.1. The number of nitrogens with one attached hydrogen (secondary N) is 1. The molecule has 4 nitrogen and oxygen atoms in total. The van der Waals surface area contributed by atoms with Gasteiger partial charge in [-0.25, -0.2) is 4.39 Å². The van der Waals surface area contributed by atoms with Crippen LogP contribution in [-0.2, 0) is 9.59 Å². The first-order chi connectivity index (χ1) is 9.58. The Labute approximate surface area is 117 Å². The van der Waals surface area contributed by atoms with Crippen LogP contribution in [-0.4, -0.2) is 29.3 Å². The summed E-state index contributed by atoms with van der Waals surface area (Å²) in [5, 5.41) is 2.76. The Balaban J connectivity index is 1.86. The van der Waals surface area contributed by atoms with Crippen molar-refractivity contribution in [3.05, 3.63) is 35.6 Å². The lowest BCUT2D eigenvalue weighted by molar-refractivity contribution is -0.147. The number of amides is 2. The van der Waals surface area contributed by atoms with Crippen molar-refractivity contribution in [3.63, 3.8) is 0 Å². The molecular formula is C15H17FN2O2.